The lowest BCUT2D eigenvalue weighted by atomic mass is 10.1. The van der Waals surface area contributed by atoms with Crippen LogP contribution in [0.2, 0.25) is 0 Å². The number of aliphatic hydroxyl groups excluding tert-OH is 1. The average molecular weight is 292 g/mol. The number of hydrogen-bond donors (Lipinski definition) is 1. The molecule has 3 aromatic rings. The van der Waals surface area contributed by atoms with Crippen LogP contribution in [0.1, 0.15) is 11.7 Å². The van der Waals surface area contributed by atoms with Gasteiger partial charge in [0.1, 0.15) is 0 Å². The maximum atomic E-state index is 12.2. The maximum absolute atomic E-state index is 12.2. The minimum absolute atomic E-state index is 0.177. The van der Waals surface area contributed by atoms with E-state index in [0.717, 1.165) is 11.1 Å². The first-order chi connectivity index (χ1) is 10.7. The van der Waals surface area contributed by atoms with Crippen LogP contribution in [0.5, 0.6) is 0 Å². The van der Waals surface area contributed by atoms with Crippen LogP contribution in [-0.4, -0.2) is 14.7 Å². The van der Waals surface area contributed by atoms with Gasteiger partial charge in [-0.2, -0.15) is 0 Å². The van der Waals surface area contributed by atoms with Gasteiger partial charge >= 0.3 is 0 Å². The smallest absolute Gasteiger partial charge is 0.253 e. The van der Waals surface area contributed by atoms with E-state index >= 15 is 0 Å². The summed E-state index contributed by atoms with van der Waals surface area (Å²) in [6.45, 7) is 0.185. The molecule has 0 aliphatic carbocycles. The third-order valence-electron chi connectivity index (χ3n) is 3.50. The normalized spacial score (nSPS) is 12.0. The van der Waals surface area contributed by atoms with E-state index in [4.69, 9.17) is 0 Å². The minimum atomic E-state index is -0.733. The molecule has 0 spiro atoms. The van der Waals surface area contributed by atoms with Gasteiger partial charge < -0.3 is 5.11 Å². The predicted octanol–water partition coefficient (Wildman–Crippen LogP) is 2.64. The van der Waals surface area contributed by atoms with Crippen molar-refractivity contribution < 1.29 is 5.11 Å². The monoisotopic (exact) mass is 292 g/mol. The molecule has 1 heterocycles. The van der Waals surface area contributed by atoms with Gasteiger partial charge in [0, 0.05) is 11.6 Å². The Morgan fingerprint density at radius 2 is 1.64 bits per heavy atom. The predicted molar refractivity (Wildman–Crippen MR) is 85.3 cm³/mol. The first kappa shape index (κ1) is 14.2. The van der Waals surface area contributed by atoms with Crippen LogP contribution >= 0.6 is 0 Å². The molecule has 0 aliphatic rings. The lowest BCUT2D eigenvalue weighted by molar-refractivity contribution is 0.154. The van der Waals surface area contributed by atoms with E-state index < -0.39 is 6.10 Å². The SMILES string of the molecule is O=c1cc(-c2ccccc2)ncn1CC(O)c1ccccc1. The van der Waals surface area contributed by atoms with Crippen LogP contribution in [-0.2, 0) is 6.54 Å². The van der Waals surface area contributed by atoms with E-state index in [2.05, 4.69) is 4.98 Å². The number of aromatic nitrogens is 2. The van der Waals surface area contributed by atoms with Crippen molar-refractivity contribution in [2.24, 2.45) is 0 Å². The first-order valence-electron chi connectivity index (χ1n) is 7.09. The second kappa shape index (κ2) is 6.37. The van der Waals surface area contributed by atoms with Crippen LogP contribution in [0.3, 0.4) is 0 Å². The zero-order valence-electron chi connectivity index (χ0n) is 12.0. The summed E-state index contributed by atoms with van der Waals surface area (Å²) in [4.78, 5) is 16.5. The summed E-state index contributed by atoms with van der Waals surface area (Å²) in [5.74, 6) is 0. The topological polar surface area (TPSA) is 55.1 Å². The fraction of sp³-hybridized carbons (Fsp3) is 0.111. The lowest BCUT2D eigenvalue weighted by Crippen LogP contribution is -2.23. The highest BCUT2D eigenvalue weighted by molar-refractivity contribution is 5.57. The van der Waals surface area contributed by atoms with Crippen LogP contribution < -0.4 is 5.56 Å². The van der Waals surface area contributed by atoms with Crippen molar-refractivity contribution >= 4 is 0 Å². The Labute approximate surface area is 128 Å². The molecule has 0 fully saturated rings. The number of hydrogen-bond acceptors (Lipinski definition) is 3. The third-order valence-corrected chi connectivity index (χ3v) is 3.50. The fourth-order valence-corrected chi connectivity index (χ4v) is 2.30. The van der Waals surface area contributed by atoms with E-state index in [1.54, 1.807) is 0 Å². The van der Waals surface area contributed by atoms with E-state index in [1.165, 1.54) is 17.0 Å². The molecule has 1 atom stereocenters. The molecule has 0 bridgehead atoms. The molecule has 1 N–H and O–H groups in total. The number of aliphatic hydroxyl groups is 1. The van der Waals surface area contributed by atoms with Crippen LogP contribution in [0.25, 0.3) is 11.3 Å². The van der Waals surface area contributed by atoms with Crippen LogP contribution in [0.4, 0.5) is 0 Å². The second-order valence-corrected chi connectivity index (χ2v) is 5.06. The van der Waals surface area contributed by atoms with Crippen molar-refractivity contribution in [2.45, 2.75) is 12.6 Å². The quantitative estimate of drug-likeness (QED) is 0.804. The molecule has 3 rings (SSSR count). The van der Waals surface area contributed by atoms with Gasteiger partial charge in [-0.25, -0.2) is 4.98 Å². The summed E-state index contributed by atoms with van der Waals surface area (Å²) >= 11 is 0. The molecule has 0 amide bonds. The summed E-state index contributed by atoms with van der Waals surface area (Å²) in [7, 11) is 0. The molecule has 1 unspecified atom stereocenters. The molecule has 4 heteroatoms. The van der Waals surface area contributed by atoms with Gasteiger partial charge in [0.15, 0.2) is 0 Å². The van der Waals surface area contributed by atoms with Crippen LogP contribution in [0.15, 0.2) is 77.9 Å². The first-order valence-corrected chi connectivity index (χ1v) is 7.09. The van der Waals surface area contributed by atoms with Gasteiger partial charge in [-0.15, -0.1) is 0 Å². The number of rotatable bonds is 4. The van der Waals surface area contributed by atoms with Gasteiger partial charge in [0.2, 0.25) is 0 Å². The molecular weight excluding hydrogens is 276 g/mol. The van der Waals surface area contributed by atoms with Crippen molar-refractivity contribution in [3.05, 3.63) is 89.0 Å². The Morgan fingerprint density at radius 3 is 2.27 bits per heavy atom. The Balaban J connectivity index is 1.83. The van der Waals surface area contributed by atoms with Crippen molar-refractivity contribution in [2.75, 3.05) is 0 Å². The van der Waals surface area contributed by atoms with E-state index in [9.17, 15) is 9.90 Å². The van der Waals surface area contributed by atoms with Gasteiger partial charge in [0.05, 0.1) is 24.7 Å². The Hall–Kier alpha value is -2.72. The Morgan fingerprint density at radius 1 is 1.00 bits per heavy atom. The zero-order chi connectivity index (χ0) is 15.4. The largest absolute Gasteiger partial charge is 0.387 e. The molecule has 0 saturated heterocycles. The van der Waals surface area contributed by atoms with Gasteiger partial charge in [-0.3, -0.25) is 9.36 Å². The van der Waals surface area contributed by atoms with Crippen molar-refractivity contribution in [3.63, 3.8) is 0 Å². The zero-order valence-corrected chi connectivity index (χ0v) is 12.0. The van der Waals surface area contributed by atoms with Crippen molar-refractivity contribution in [3.8, 4) is 11.3 Å². The lowest BCUT2D eigenvalue weighted by Gasteiger charge is -2.13. The molecule has 0 saturated carbocycles. The summed E-state index contributed by atoms with van der Waals surface area (Å²) in [6.07, 6.45) is 0.750. The highest BCUT2D eigenvalue weighted by Gasteiger charge is 2.10. The standard InChI is InChI=1S/C18H16N2O2/c21-17(15-9-5-2-6-10-15)12-20-13-19-16(11-18(20)22)14-7-3-1-4-8-14/h1-11,13,17,21H,12H2. The second-order valence-electron chi connectivity index (χ2n) is 5.06. The third kappa shape index (κ3) is 3.13. The minimum Gasteiger partial charge on any atom is -0.387 e. The number of nitrogens with zero attached hydrogens (tertiary/aromatic N) is 2. The highest BCUT2D eigenvalue weighted by Crippen LogP contribution is 2.15. The molecule has 0 radical (unpaired) electrons. The van der Waals surface area contributed by atoms with Crippen molar-refractivity contribution in [1.82, 2.24) is 9.55 Å². The molecular formula is C18H16N2O2. The van der Waals surface area contributed by atoms with Gasteiger partial charge in [-0.05, 0) is 5.56 Å². The fourth-order valence-electron chi connectivity index (χ4n) is 2.30. The summed E-state index contributed by atoms with van der Waals surface area (Å²) in [5, 5.41) is 10.2. The summed E-state index contributed by atoms with van der Waals surface area (Å²) < 4.78 is 1.42. The summed E-state index contributed by atoms with van der Waals surface area (Å²) in [6, 6.07) is 20.3. The molecule has 110 valence electrons. The summed E-state index contributed by atoms with van der Waals surface area (Å²) in [5.41, 5.74) is 2.14. The van der Waals surface area contributed by atoms with Crippen LogP contribution in [0, 0.1) is 0 Å². The number of benzene rings is 2. The Bertz CT molecular complexity index is 798. The van der Waals surface area contributed by atoms with Gasteiger partial charge in [0.25, 0.3) is 5.56 Å². The van der Waals surface area contributed by atoms with E-state index in [-0.39, 0.29) is 12.1 Å². The molecule has 1 aromatic heterocycles. The molecule has 0 aliphatic heterocycles. The highest BCUT2D eigenvalue weighted by atomic mass is 16.3. The maximum Gasteiger partial charge on any atom is 0.253 e. The molecule has 22 heavy (non-hydrogen) atoms. The molecule has 2 aromatic carbocycles. The van der Waals surface area contributed by atoms with Gasteiger partial charge in [-0.1, -0.05) is 60.7 Å². The van der Waals surface area contributed by atoms with E-state index in [1.807, 2.05) is 60.7 Å². The van der Waals surface area contributed by atoms with E-state index in [0.29, 0.717) is 5.69 Å². The average Bonchev–Trinajstić information content (AvgIpc) is 2.58. The molecule has 4 nitrogen and oxygen atoms in total. The Kier molecular flexibility index (Phi) is 4.12. The van der Waals surface area contributed by atoms with Crippen molar-refractivity contribution in [1.29, 1.82) is 0 Å².